The van der Waals surface area contributed by atoms with Gasteiger partial charge in [0.25, 0.3) is 0 Å². The van der Waals surface area contributed by atoms with Crippen LogP contribution in [0.5, 0.6) is 5.75 Å². The third-order valence-electron chi connectivity index (χ3n) is 4.09. The Bertz CT molecular complexity index is 1110. The number of benzene rings is 2. The van der Waals surface area contributed by atoms with Crippen LogP contribution in [-0.4, -0.2) is 39.4 Å². The molecule has 4 aromatic rings. The van der Waals surface area contributed by atoms with E-state index < -0.39 is 5.97 Å². The zero-order valence-electron chi connectivity index (χ0n) is 15.9. The summed E-state index contributed by atoms with van der Waals surface area (Å²) in [6.45, 7) is 0.275. The molecule has 0 saturated carbocycles. The minimum absolute atomic E-state index is 0.0615. The van der Waals surface area contributed by atoms with Crippen molar-refractivity contribution in [2.45, 2.75) is 0 Å². The first-order chi connectivity index (χ1) is 14.8. The molecule has 0 N–H and O–H groups in total. The summed E-state index contributed by atoms with van der Waals surface area (Å²) in [5, 5.41) is 11.8. The monoisotopic (exact) mass is 402 g/mol. The number of hydrogen-bond acceptors (Lipinski definition) is 7. The highest BCUT2D eigenvalue weighted by molar-refractivity contribution is 6.15. The second-order valence-electron chi connectivity index (χ2n) is 6.12. The summed E-state index contributed by atoms with van der Waals surface area (Å²) < 4.78 is 17.6. The second-order valence-corrected chi connectivity index (χ2v) is 6.12. The number of furan rings is 1. The molecule has 2 aromatic carbocycles. The average Bonchev–Trinajstić information content (AvgIpc) is 3.48. The molecule has 0 aliphatic heterocycles. The van der Waals surface area contributed by atoms with Crippen LogP contribution in [-0.2, 0) is 9.53 Å². The fourth-order valence-corrected chi connectivity index (χ4v) is 2.72. The molecule has 0 saturated heterocycles. The molecule has 0 aliphatic rings. The molecule has 8 nitrogen and oxygen atoms in total. The summed E-state index contributed by atoms with van der Waals surface area (Å²) in [5.41, 5.74) is 0.876. The molecule has 0 atom stereocenters. The molecule has 0 radical (unpaired) electrons. The van der Waals surface area contributed by atoms with Gasteiger partial charge in [0, 0.05) is 11.6 Å². The van der Waals surface area contributed by atoms with Crippen molar-refractivity contribution in [3.8, 4) is 17.1 Å². The maximum atomic E-state index is 12.9. The highest BCUT2D eigenvalue weighted by Gasteiger charge is 2.21. The lowest BCUT2D eigenvalue weighted by atomic mass is 10.2. The van der Waals surface area contributed by atoms with E-state index >= 15 is 0 Å². The number of esters is 1. The van der Waals surface area contributed by atoms with Gasteiger partial charge < -0.3 is 13.9 Å². The number of rotatable bonds is 8. The largest absolute Gasteiger partial charge is 0.490 e. The van der Waals surface area contributed by atoms with E-state index in [0.29, 0.717) is 17.3 Å². The summed E-state index contributed by atoms with van der Waals surface area (Å²) in [7, 11) is 0. The molecule has 0 spiro atoms. The fourth-order valence-electron chi connectivity index (χ4n) is 2.72. The van der Waals surface area contributed by atoms with E-state index in [1.807, 2.05) is 60.7 Å². The van der Waals surface area contributed by atoms with E-state index in [0.717, 1.165) is 5.56 Å². The SMILES string of the molecule is O=C(OCCOc1ccccc1)/C(=C/c1ccco1)n1nnnc1-c1ccccc1. The third kappa shape index (κ3) is 4.61. The first kappa shape index (κ1) is 19.1. The Morgan fingerprint density at radius 3 is 2.47 bits per heavy atom. The highest BCUT2D eigenvalue weighted by Crippen LogP contribution is 2.21. The molecule has 0 unspecified atom stereocenters. The lowest BCUT2D eigenvalue weighted by Crippen LogP contribution is -2.18. The van der Waals surface area contributed by atoms with Crippen LogP contribution in [0.1, 0.15) is 5.76 Å². The standard InChI is InChI=1S/C22H18N4O4/c27-22(30-15-14-29-18-10-5-2-6-11-18)20(16-19-12-7-13-28-19)26-21(23-24-25-26)17-8-3-1-4-9-17/h1-13,16H,14-15H2/b20-16-. The molecule has 2 aromatic heterocycles. The van der Waals surface area contributed by atoms with Gasteiger partial charge in [-0.15, -0.1) is 5.10 Å². The van der Waals surface area contributed by atoms with Crippen molar-refractivity contribution >= 4 is 17.7 Å². The number of ether oxygens (including phenoxy) is 2. The number of carbonyl (C=O) groups is 1. The molecule has 150 valence electrons. The topological polar surface area (TPSA) is 92.3 Å². The number of hydrogen-bond donors (Lipinski definition) is 0. The summed E-state index contributed by atoms with van der Waals surface area (Å²) >= 11 is 0. The van der Waals surface area contributed by atoms with Crippen molar-refractivity contribution in [1.29, 1.82) is 0 Å². The smallest absolute Gasteiger partial charge is 0.357 e. The quantitative estimate of drug-likeness (QED) is 0.253. The molecular weight excluding hydrogens is 384 g/mol. The fraction of sp³-hybridized carbons (Fsp3) is 0.0909. The van der Waals surface area contributed by atoms with Crippen LogP contribution in [0.4, 0.5) is 0 Å². The molecule has 4 rings (SSSR count). The zero-order valence-corrected chi connectivity index (χ0v) is 15.9. The van der Waals surface area contributed by atoms with Crippen LogP contribution in [0.2, 0.25) is 0 Å². The van der Waals surface area contributed by atoms with Crippen molar-refractivity contribution in [1.82, 2.24) is 20.2 Å². The Kier molecular flexibility index (Phi) is 5.95. The number of nitrogens with zero attached hydrogens (tertiary/aromatic N) is 4. The lowest BCUT2D eigenvalue weighted by Gasteiger charge is -2.10. The van der Waals surface area contributed by atoms with Gasteiger partial charge in [-0.25, -0.2) is 4.79 Å². The second kappa shape index (κ2) is 9.33. The Morgan fingerprint density at radius 1 is 0.967 bits per heavy atom. The molecule has 0 amide bonds. The van der Waals surface area contributed by atoms with E-state index in [9.17, 15) is 4.79 Å². The predicted molar refractivity (Wildman–Crippen MR) is 109 cm³/mol. The van der Waals surface area contributed by atoms with Crippen LogP contribution >= 0.6 is 0 Å². The molecule has 0 bridgehead atoms. The van der Waals surface area contributed by atoms with Gasteiger partial charge in [-0.1, -0.05) is 48.5 Å². The van der Waals surface area contributed by atoms with Gasteiger partial charge in [0.2, 0.25) is 0 Å². The van der Waals surface area contributed by atoms with E-state index in [1.54, 1.807) is 12.1 Å². The summed E-state index contributed by atoms with van der Waals surface area (Å²) in [5.74, 6) is 0.974. The van der Waals surface area contributed by atoms with Crippen molar-refractivity contribution in [2.24, 2.45) is 0 Å². The maximum Gasteiger partial charge on any atom is 0.357 e. The Hall–Kier alpha value is -4.20. The van der Waals surface area contributed by atoms with Gasteiger partial charge >= 0.3 is 5.97 Å². The normalized spacial score (nSPS) is 11.3. The number of tetrazole rings is 1. The van der Waals surface area contributed by atoms with E-state index in [2.05, 4.69) is 15.5 Å². The first-order valence-electron chi connectivity index (χ1n) is 9.25. The van der Waals surface area contributed by atoms with E-state index in [1.165, 1.54) is 17.0 Å². The Morgan fingerprint density at radius 2 is 1.73 bits per heavy atom. The minimum atomic E-state index is -0.604. The van der Waals surface area contributed by atoms with E-state index in [-0.39, 0.29) is 18.9 Å². The minimum Gasteiger partial charge on any atom is -0.490 e. The van der Waals surface area contributed by atoms with Crippen LogP contribution in [0, 0.1) is 0 Å². The molecule has 0 fully saturated rings. The predicted octanol–water partition coefficient (Wildman–Crippen LogP) is 3.55. The van der Waals surface area contributed by atoms with Crippen molar-refractivity contribution in [2.75, 3.05) is 13.2 Å². The van der Waals surface area contributed by atoms with Crippen LogP contribution in [0.3, 0.4) is 0 Å². The summed E-state index contributed by atoms with van der Waals surface area (Å²) in [6.07, 6.45) is 3.05. The molecule has 30 heavy (non-hydrogen) atoms. The number of para-hydroxylation sites is 1. The first-order valence-corrected chi connectivity index (χ1v) is 9.25. The van der Waals surface area contributed by atoms with Crippen LogP contribution in [0.25, 0.3) is 23.2 Å². The molecule has 0 aliphatic carbocycles. The van der Waals surface area contributed by atoms with Crippen LogP contribution < -0.4 is 4.74 Å². The molecule has 8 heteroatoms. The van der Waals surface area contributed by atoms with Crippen molar-refractivity contribution in [3.63, 3.8) is 0 Å². The zero-order chi connectivity index (χ0) is 20.6. The van der Waals surface area contributed by atoms with Gasteiger partial charge in [0.05, 0.1) is 6.26 Å². The van der Waals surface area contributed by atoms with Gasteiger partial charge in [0.15, 0.2) is 11.5 Å². The van der Waals surface area contributed by atoms with Gasteiger partial charge in [-0.3, -0.25) is 0 Å². The highest BCUT2D eigenvalue weighted by atomic mass is 16.6. The average molecular weight is 402 g/mol. The van der Waals surface area contributed by atoms with E-state index in [4.69, 9.17) is 13.9 Å². The Labute approximate surface area is 172 Å². The lowest BCUT2D eigenvalue weighted by molar-refractivity contribution is -0.137. The maximum absolute atomic E-state index is 12.9. The summed E-state index contributed by atoms with van der Waals surface area (Å²) in [4.78, 5) is 12.9. The number of carbonyl (C=O) groups excluding carboxylic acids is 1. The van der Waals surface area contributed by atoms with Crippen LogP contribution in [0.15, 0.2) is 83.5 Å². The summed E-state index contributed by atoms with van der Waals surface area (Å²) in [6, 6.07) is 22.1. The number of aromatic nitrogens is 4. The van der Waals surface area contributed by atoms with Crippen molar-refractivity contribution in [3.05, 3.63) is 84.8 Å². The van der Waals surface area contributed by atoms with Gasteiger partial charge in [-0.05, 0) is 34.7 Å². The van der Waals surface area contributed by atoms with Crippen molar-refractivity contribution < 1.29 is 18.7 Å². The Balaban J connectivity index is 1.53. The molecule has 2 heterocycles. The molecular formula is C22H18N4O4. The van der Waals surface area contributed by atoms with Gasteiger partial charge in [0.1, 0.15) is 24.7 Å². The van der Waals surface area contributed by atoms with Gasteiger partial charge in [-0.2, -0.15) is 4.68 Å². The third-order valence-corrected chi connectivity index (χ3v) is 4.09.